The molecule has 1 aromatic heterocycles. The number of hydrogen-bond acceptors (Lipinski definition) is 5. The lowest BCUT2D eigenvalue weighted by molar-refractivity contribution is 0.102. The Morgan fingerprint density at radius 3 is 2.55 bits per heavy atom. The molecule has 0 saturated heterocycles. The normalized spacial score (nSPS) is 11.9. The summed E-state index contributed by atoms with van der Waals surface area (Å²) in [5, 5.41) is 9.23. The zero-order chi connectivity index (χ0) is 22.6. The molecule has 0 radical (unpaired) electrons. The minimum Gasteiger partial charge on any atom is -0.322 e. The molecule has 1 amide bonds. The van der Waals surface area contributed by atoms with E-state index in [1.54, 1.807) is 42.5 Å². The molecule has 3 aromatic rings. The average Bonchev–Trinajstić information content (AvgIpc) is 3.13. The van der Waals surface area contributed by atoms with Crippen LogP contribution in [0.3, 0.4) is 0 Å². The highest BCUT2D eigenvalue weighted by Gasteiger charge is 2.15. The maximum Gasteiger partial charge on any atom is 0.276 e. The van der Waals surface area contributed by atoms with E-state index in [4.69, 9.17) is 11.6 Å². The van der Waals surface area contributed by atoms with Crippen molar-refractivity contribution >= 4 is 50.3 Å². The van der Waals surface area contributed by atoms with E-state index in [1.165, 1.54) is 24.3 Å². The van der Waals surface area contributed by atoms with Gasteiger partial charge in [0.15, 0.2) is 0 Å². The van der Waals surface area contributed by atoms with E-state index >= 15 is 0 Å². The highest BCUT2D eigenvalue weighted by molar-refractivity contribution is 7.89. The number of aryl methyl sites for hydroxylation is 1. The molecule has 0 fully saturated rings. The number of carbonyl (C=O) groups excluding carboxylic acids is 1. The van der Waals surface area contributed by atoms with Gasteiger partial charge in [0.1, 0.15) is 0 Å². The largest absolute Gasteiger partial charge is 0.322 e. The van der Waals surface area contributed by atoms with Crippen molar-refractivity contribution in [2.24, 2.45) is 5.10 Å². The van der Waals surface area contributed by atoms with E-state index in [2.05, 4.69) is 15.2 Å². The molecule has 0 spiro atoms. The number of rotatable bonds is 7. The Hall–Kier alpha value is -2.68. The lowest BCUT2D eigenvalue weighted by Gasteiger charge is -2.09. The van der Waals surface area contributed by atoms with Gasteiger partial charge in [-0.05, 0) is 67.8 Å². The van der Waals surface area contributed by atoms with Crippen LogP contribution in [0.2, 0.25) is 5.02 Å². The quantitative estimate of drug-likeness (QED) is 0.362. The van der Waals surface area contributed by atoms with Crippen LogP contribution in [-0.4, -0.2) is 20.0 Å². The smallest absolute Gasteiger partial charge is 0.276 e. The highest BCUT2D eigenvalue weighted by Crippen LogP contribution is 2.23. The minimum atomic E-state index is -3.82. The Morgan fingerprint density at radius 2 is 1.87 bits per heavy atom. The average molecular weight is 476 g/mol. The van der Waals surface area contributed by atoms with Gasteiger partial charge in [-0.2, -0.15) is 18.4 Å². The summed E-state index contributed by atoms with van der Waals surface area (Å²) in [6.45, 7) is 5.71. The highest BCUT2D eigenvalue weighted by atomic mass is 35.5. The van der Waals surface area contributed by atoms with E-state index in [0.29, 0.717) is 27.5 Å². The van der Waals surface area contributed by atoms with E-state index < -0.39 is 10.0 Å². The molecule has 0 atom stereocenters. The predicted molar refractivity (Wildman–Crippen MR) is 127 cm³/mol. The Bertz CT molecular complexity index is 1230. The summed E-state index contributed by atoms with van der Waals surface area (Å²) in [7, 11) is -3.82. The van der Waals surface area contributed by atoms with Crippen LogP contribution >= 0.6 is 22.9 Å². The van der Waals surface area contributed by atoms with Crippen molar-refractivity contribution < 1.29 is 13.2 Å². The molecule has 0 bridgehead atoms. The molecule has 162 valence electrons. The lowest BCUT2D eigenvalue weighted by Crippen LogP contribution is -2.20. The third kappa shape index (κ3) is 5.52. The Balaban J connectivity index is 1.75. The summed E-state index contributed by atoms with van der Waals surface area (Å²) in [6.07, 6.45) is 0.789. The number of benzene rings is 2. The number of hydrogen-bond donors (Lipinski definition) is 2. The van der Waals surface area contributed by atoms with E-state index in [1.807, 2.05) is 19.2 Å². The van der Waals surface area contributed by atoms with E-state index in [0.717, 1.165) is 16.9 Å². The third-order valence-corrected chi connectivity index (χ3v) is 7.13. The van der Waals surface area contributed by atoms with Crippen molar-refractivity contribution in [1.82, 2.24) is 4.83 Å². The van der Waals surface area contributed by atoms with E-state index in [-0.39, 0.29) is 10.8 Å². The molecule has 0 aliphatic carbocycles. The molecule has 2 aromatic carbocycles. The molecule has 6 nitrogen and oxygen atoms in total. The second-order valence-corrected chi connectivity index (χ2v) is 10.00. The first-order valence-electron chi connectivity index (χ1n) is 9.51. The number of hydrazone groups is 1. The van der Waals surface area contributed by atoms with Crippen LogP contribution in [0.15, 0.2) is 63.9 Å². The summed E-state index contributed by atoms with van der Waals surface area (Å²) in [4.78, 5) is 16.1. The van der Waals surface area contributed by atoms with Crippen LogP contribution in [0.5, 0.6) is 0 Å². The first-order valence-corrected chi connectivity index (χ1v) is 12.3. The zero-order valence-corrected chi connectivity index (χ0v) is 19.7. The minimum absolute atomic E-state index is 0.0623. The fourth-order valence-electron chi connectivity index (χ4n) is 2.99. The van der Waals surface area contributed by atoms with Gasteiger partial charge in [-0.1, -0.05) is 30.7 Å². The molecular weight excluding hydrogens is 454 g/mol. The van der Waals surface area contributed by atoms with Gasteiger partial charge < -0.3 is 5.32 Å². The SMILES string of the molecule is CCc1c(C(=O)Nc2cccc(/C(C)=N\NS(=O)(=O)c3ccc(Cl)cc3)c2)csc1C. The van der Waals surface area contributed by atoms with Crippen molar-refractivity contribution in [3.8, 4) is 0 Å². The molecule has 31 heavy (non-hydrogen) atoms. The first kappa shape index (κ1) is 23.0. The predicted octanol–water partition coefficient (Wildman–Crippen LogP) is 5.23. The Labute approximate surface area is 191 Å². The number of thiophene rings is 1. The Kier molecular flexibility index (Phi) is 7.15. The monoisotopic (exact) mass is 475 g/mol. The molecule has 9 heteroatoms. The maximum atomic E-state index is 12.7. The molecule has 0 aliphatic rings. The summed E-state index contributed by atoms with van der Waals surface area (Å²) < 4.78 is 24.8. The summed E-state index contributed by atoms with van der Waals surface area (Å²) in [6, 6.07) is 12.9. The number of sulfonamides is 1. The molecule has 0 unspecified atom stereocenters. The van der Waals surface area contributed by atoms with Crippen molar-refractivity contribution in [2.75, 3.05) is 5.32 Å². The third-order valence-electron chi connectivity index (χ3n) is 4.70. The maximum absolute atomic E-state index is 12.7. The molecular formula is C22H22ClN3O3S2. The van der Waals surface area contributed by atoms with Crippen LogP contribution in [0.1, 0.15) is 40.2 Å². The molecule has 0 saturated carbocycles. The van der Waals surface area contributed by atoms with Crippen LogP contribution < -0.4 is 10.1 Å². The summed E-state index contributed by atoms with van der Waals surface area (Å²) in [5.74, 6) is -0.170. The topological polar surface area (TPSA) is 87.6 Å². The number of halogens is 1. The number of anilines is 1. The summed E-state index contributed by atoms with van der Waals surface area (Å²) in [5.41, 5.74) is 3.45. The standard InChI is InChI=1S/C22H22ClN3O3S2/c1-4-20-15(3)30-13-21(20)22(27)24-18-7-5-6-16(12-18)14(2)25-26-31(28,29)19-10-8-17(23)9-11-19/h5-13,26H,4H2,1-3H3,(H,24,27)/b25-14-. The van der Waals surface area contributed by atoms with Gasteiger partial charge >= 0.3 is 0 Å². The molecule has 3 rings (SSSR count). The van der Waals surface area contributed by atoms with Gasteiger partial charge in [0.05, 0.1) is 16.2 Å². The van der Waals surface area contributed by atoms with Gasteiger partial charge in [0.2, 0.25) is 0 Å². The van der Waals surface area contributed by atoms with E-state index in [9.17, 15) is 13.2 Å². The van der Waals surface area contributed by atoms with Crippen molar-refractivity contribution in [2.45, 2.75) is 32.1 Å². The van der Waals surface area contributed by atoms with Crippen LogP contribution in [-0.2, 0) is 16.4 Å². The van der Waals surface area contributed by atoms with Crippen LogP contribution in [0.4, 0.5) is 5.69 Å². The van der Waals surface area contributed by atoms with Crippen LogP contribution in [0.25, 0.3) is 0 Å². The molecule has 1 heterocycles. The fraction of sp³-hybridized carbons (Fsp3) is 0.182. The van der Waals surface area contributed by atoms with Gasteiger partial charge in [0, 0.05) is 21.0 Å². The van der Waals surface area contributed by atoms with Crippen molar-refractivity contribution in [3.05, 3.63) is 80.5 Å². The van der Waals surface area contributed by atoms with Gasteiger partial charge in [0.25, 0.3) is 15.9 Å². The van der Waals surface area contributed by atoms with Gasteiger partial charge in [-0.25, -0.2) is 0 Å². The Morgan fingerprint density at radius 1 is 1.16 bits per heavy atom. The zero-order valence-electron chi connectivity index (χ0n) is 17.3. The lowest BCUT2D eigenvalue weighted by atomic mass is 10.1. The fourth-order valence-corrected chi connectivity index (χ4v) is 4.91. The summed E-state index contributed by atoms with van der Waals surface area (Å²) >= 11 is 7.36. The number of amides is 1. The molecule has 2 N–H and O–H groups in total. The van der Waals surface area contributed by atoms with Crippen molar-refractivity contribution in [3.63, 3.8) is 0 Å². The van der Waals surface area contributed by atoms with Crippen molar-refractivity contribution in [1.29, 1.82) is 0 Å². The number of carbonyl (C=O) groups is 1. The van der Waals surface area contributed by atoms with Gasteiger partial charge in [-0.3, -0.25) is 4.79 Å². The molecule has 0 aliphatic heterocycles. The second kappa shape index (κ2) is 9.64. The first-order chi connectivity index (χ1) is 14.7. The van der Waals surface area contributed by atoms with Gasteiger partial charge in [-0.15, -0.1) is 11.3 Å². The number of nitrogens with one attached hydrogen (secondary N) is 2. The second-order valence-electron chi connectivity index (χ2n) is 6.82. The van der Waals surface area contributed by atoms with Crippen LogP contribution in [0, 0.1) is 6.92 Å². The number of nitrogens with zero attached hydrogens (tertiary/aromatic N) is 1.